The number of rotatable bonds is 3. The Morgan fingerprint density at radius 3 is 3.00 bits per heavy atom. The first-order valence-corrected chi connectivity index (χ1v) is 7.44. The number of nitrogen functional groups attached to an aromatic ring is 1. The number of halogens is 1. The molecule has 1 saturated heterocycles. The van der Waals surface area contributed by atoms with Gasteiger partial charge >= 0.3 is 0 Å². The Kier molecular flexibility index (Phi) is 4.23. The molecule has 88 valence electrons. The van der Waals surface area contributed by atoms with Crippen molar-refractivity contribution >= 4 is 34.9 Å². The van der Waals surface area contributed by atoms with E-state index in [1.54, 1.807) is 12.1 Å². The van der Waals surface area contributed by atoms with Crippen LogP contribution in [-0.4, -0.2) is 29.1 Å². The SMILES string of the molecule is Nc1ccc(NCC2CSCCS2)c(F)c1. The molecule has 1 atom stereocenters. The molecule has 1 aliphatic heterocycles. The van der Waals surface area contributed by atoms with Crippen LogP contribution in [0.5, 0.6) is 0 Å². The van der Waals surface area contributed by atoms with E-state index in [0.29, 0.717) is 16.6 Å². The first-order chi connectivity index (χ1) is 7.75. The van der Waals surface area contributed by atoms with E-state index < -0.39 is 0 Å². The molecule has 0 saturated carbocycles. The van der Waals surface area contributed by atoms with Crippen molar-refractivity contribution in [2.75, 3.05) is 34.9 Å². The van der Waals surface area contributed by atoms with Gasteiger partial charge in [-0.25, -0.2) is 4.39 Å². The molecule has 2 nitrogen and oxygen atoms in total. The van der Waals surface area contributed by atoms with Crippen LogP contribution < -0.4 is 11.1 Å². The third-order valence-electron chi connectivity index (χ3n) is 2.40. The molecule has 2 rings (SSSR count). The third kappa shape index (κ3) is 3.22. The standard InChI is InChI=1S/C11H15FN2S2/c12-10-5-8(13)1-2-11(10)14-6-9-7-15-3-4-16-9/h1-2,5,9,14H,3-4,6-7,13H2. The van der Waals surface area contributed by atoms with Crippen LogP contribution in [0.15, 0.2) is 18.2 Å². The third-order valence-corrected chi connectivity index (χ3v) is 5.24. The van der Waals surface area contributed by atoms with Crippen LogP contribution in [0.2, 0.25) is 0 Å². The summed E-state index contributed by atoms with van der Waals surface area (Å²) in [6.45, 7) is 0.818. The lowest BCUT2D eigenvalue weighted by Gasteiger charge is -2.21. The summed E-state index contributed by atoms with van der Waals surface area (Å²) in [7, 11) is 0. The normalized spacial score (nSPS) is 20.7. The molecular formula is C11H15FN2S2. The van der Waals surface area contributed by atoms with E-state index in [4.69, 9.17) is 5.73 Å². The molecule has 5 heteroatoms. The average Bonchev–Trinajstić information content (AvgIpc) is 2.29. The summed E-state index contributed by atoms with van der Waals surface area (Å²) >= 11 is 3.93. The highest BCUT2D eigenvalue weighted by Crippen LogP contribution is 2.25. The fraction of sp³-hybridized carbons (Fsp3) is 0.455. The van der Waals surface area contributed by atoms with Crippen LogP contribution in [-0.2, 0) is 0 Å². The Morgan fingerprint density at radius 1 is 1.44 bits per heavy atom. The molecule has 1 aromatic rings. The molecule has 0 aliphatic carbocycles. The first-order valence-electron chi connectivity index (χ1n) is 5.24. The van der Waals surface area contributed by atoms with Gasteiger partial charge in [-0.05, 0) is 18.2 Å². The molecule has 1 unspecified atom stereocenters. The smallest absolute Gasteiger partial charge is 0.148 e. The Hall–Kier alpha value is -0.550. The molecular weight excluding hydrogens is 243 g/mol. The van der Waals surface area contributed by atoms with E-state index in [1.807, 2.05) is 23.5 Å². The predicted molar refractivity (Wildman–Crippen MR) is 72.9 cm³/mol. The minimum Gasteiger partial charge on any atom is -0.399 e. The summed E-state index contributed by atoms with van der Waals surface area (Å²) in [6, 6.07) is 4.77. The van der Waals surface area contributed by atoms with Gasteiger partial charge in [-0.15, -0.1) is 0 Å². The summed E-state index contributed by atoms with van der Waals surface area (Å²) in [5.74, 6) is 3.31. The predicted octanol–water partition coefficient (Wildman–Crippen LogP) is 2.67. The van der Waals surface area contributed by atoms with E-state index in [0.717, 1.165) is 12.3 Å². The van der Waals surface area contributed by atoms with Crippen LogP contribution in [0, 0.1) is 5.82 Å². The van der Waals surface area contributed by atoms with Gasteiger partial charge in [-0.3, -0.25) is 0 Å². The molecule has 1 fully saturated rings. The number of nitrogens with two attached hydrogens (primary N) is 1. The lowest BCUT2D eigenvalue weighted by Crippen LogP contribution is -2.23. The number of thioether (sulfide) groups is 2. The number of hydrogen-bond donors (Lipinski definition) is 2. The highest BCUT2D eigenvalue weighted by Gasteiger charge is 2.14. The number of nitrogens with one attached hydrogen (secondary N) is 1. The fourth-order valence-electron chi connectivity index (χ4n) is 1.55. The van der Waals surface area contributed by atoms with Gasteiger partial charge in [0.2, 0.25) is 0 Å². The van der Waals surface area contributed by atoms with Gasteiger partial charge < -0.3 is 11.1 Å². The van der Waals surface area contributed by atoms with E-state index in [2.05, 4.69) is 5.32 Å². The van der Waals surface area contributed by atoms with Crippen molar-refractivity contribution in [3.63, 3.8) is 0 Å². The Balaban J connectivity index is 1.88. The average molecular weight is 258 g/mol. The monoisotopic (exact) mass is 258 g/mol. The Labute approximate surface area is 104 Å². The van der Waals surface area contributed by atoms with Gasteiger partial charge in [0.25, 0.3) is 0 Å². The molecule has 0 amide bonds. The molecule has 1 aromatic carbocycles. The molecule has 0 radical (unpaired) electrons. The maximum atomic E-state index is 13.5. The fourth-order valence-corrected chi connectivity index (χ4v) is 4.16. The van der Waals surface area contributed by atoms with Crippen molar-refractivity contribution in [1.82, 2.24) is 0 Å². The quantitative estimate of drug-likeness (QED) is 0.818. The van der Waals surface area contributed by atoms with Crippen LogP contribution in [0.1, 0.15) is 0 Å². The van der Waals surface area contributed by atoms with Gasteiger partial charge in [0.15, 0.2) is 0 Å². The van der Waals surface area contributed by atoms with Gasteiger partial charge in [0.1, 0.15) is 5.82 Å². The van der Waals surface area contributed by atoms with E-state index in [1.165, 1.54) is 17.6 Å². The lowest BCUT2D eigenvalue weighted by atomic mass is 10.2. The minimum absolute atomic E-state index is 0.270. The number of anilines is 2. The van der Waals surface area contributed by atoms with E-state index >= 15 is 0 Å². The van der Waals surface area contributed by atoms with Crippen molar-refractivity contribution in [3.05, 3.63) is 24.0 Å². The summed E-state index contributed by atoms with van der Waals surface area (Å²) in [6.07, 6.45) is 0. The van der Waals surface area contributed by atoms with Gasteiger partial charge in [-0.1, -0.05) is 0 Å². The summed E-state index contributed by atoms with van der Waals surface area (Å²) < 4.78 is 13.5. The maximum Gasteiger partial charge on any atom is 0.148 e. The minimum atomic E-state index is -0.270. The van der Waals surface area contributed by atoms with Crippen LogP contribution in [0.3, 0.4) is 0 Å². The van der Waals surface area contributed by atoms with Crippen molar-refractivity contribution in [2.45, 2.75) is 5.25 Å². The second kappa shape index (κ2) is 5.68. The molecule has 0 bridgehead atoms. The summed E-state index contributed by atoms with van der Waals surface area (Å²) in [5.41, 5.74) is 6.50. The zero-order valence-electron chi connectivity index (χ0n) is 8.91. The van der Waals surface area contributed by atoms with Crippen molar-refractivity contribution in [3.8, 4) is 0 Å². The summed E-state index contributed by atoms with van der Waals surface area (Å²) in [4.78, 5) is 0. The van der Waals surface area contributed by atoms with Crippen LogP contribution >= 0.6 is 23.5 Å². The Bertz CT molecular complexity index is 354. The second-order valence-electron chi connectivity index (χ2n) is 3.69. The van der Waals surface area contributed by atoms with Gasteiger partial charge in [0, 0.05) is 34.7 Å². The molecule has 3 N–H and O–H groups in total. The van der Waals surface area contributed by atoms with Crippen LogP contribution in [0.25, 0.3) is 0 Å². The molecule has 0 spiro atoms. The van der Waals surface area contributed by atoms with Crippen molar-refractivity contribution < 1.29 is 4.39 Å². The molecule has 0 aromatic heterocycles. The largest absolute Gasteiger partial charge is 0.399 e. The van der Waals surface area contributed by atoms with Crippen LogP contribution in [0.4, 0.5) is 15.8 Å². The van der Waals surface area contributed by atoms with Gasteiger partial charge in [0.05, 0.1) is 5.69 Å². The number of hydrogen-bond acceptors (Lipinski definition) is 4. The van der Waals surface area contributed by atoms with Crippen molar-refractivity contribution in [2.24, 2.45) is 0 Å². The maximum absolute atomic E-state index is 13.5. The van der Waals surface area contributed by atoms with Gasteiger partial charge in [-0.2, -0.15) is 23.5 Å². The highest BCUT2D eigenvalue weighted by atomic mass is 32.2. The highest BCUT2D eigenvalue weighted by molar-refractivity contribution is 8.06. The Morgan fingerprint density at radius 2 is 2.31 bits per heavy atom. The number of benzene rings is 1. The second-order valence-corrected chi connectivity index (χ2v) is 6.25. The lowest BCUT2D eigenvalue weighted by molar-refractivity contribution is 0.631. The first kappa shape index (κ1) is 11.9. The van der Waals surface area contributed by atoms with E-state index in [-0.39, 0.29) is 5.82 Å². The zero-order chi connectivity index (χ0) is 11.4. The van der Waals surface area contributed by atoms with E-state index in [9.17, 15) is 4.39 Å². The molecule has 1 aliphatic rings. The molecule has 16 heavy (non-hydrogen) atoms. The zero-order valence-corrected chi connectivity index (χ0v) is 10.5. The topological polar surface area (TPSA) is 38.0 Å². The molecule has 1 heterocycles. The van der Waals surface area contributed by atoms with Crippen molar-refractivity contribution in [1.29, 1.82) is 0 Å². The summed E-state index contributed by atoms with van der Waals surface area (Å²) in [5, 5.41) is 3.72.